The van der Waals surface area contributed by atoms with Crippen LogP contribution >= 0.6 is 0 Å². The number of hydrogen-bond donors (Lipinski definition) is 1. The topological polar surface area (TPSA) is 28.2 Å². The van der Waals surface area contributed by atoms with Gasteiger partial charge in [0, 0.05) is 43.8 Å². The molecule has 0 saturated carbocycles. The second-order valence-corrected chi connectivity index (χ2v) is 4.70. The third-order valence-electron chi connectivity index (χ3n) is 2.56. The van der Waals surface area contributed by atoms with Crippen molar-refractivity contribution >= 4 is 5.69 Å². The van der Waals surface area contributed by atoms with E-state index < -0.39 is 0 Å². The predicted octanol–water partition coefficient (Wildman–Crippen LogP) is 2.45. The van der Waals surface area contributed by atoms with Crippen molar-refractivity contribution in [3.8, 4) is 0 Å². The predicted molar refractivity (Wildman–Crippen MR) is 74.2 cm³/mol. The van der Waals surface area contributed by atoms with E-state index in [4.69, 9.17) is 0 Å². The molecule has 0 fully saturated rings. The SMILES string of the molecule is C=CCN(C)c1ccncc1CNCC(C)C. The number of aromatic nitrogens is 1. The molecule has 1 heterocycles. The summed E-state index contributed by atoms with van der Waals surface area (Å²) in [6.45, 7) is 10.9. The summed E-state index contributed by atoms with van der Waals surface area (Å²) in [5.41, 5.74) is 2.45. The van der Waals surface area contributed by atoms with E-state index in [-0.39, 0.29) is 0 Å². The van der Waals surface area contributed by atoms with E-state index in [1.54, 1.807) is 0 Å². The quantitative estimate of drug-likeness (QED) is 0.733. The number of rotatable bonds is 7. The fourth-order valence-electron chi connectivity index (χ4n) is 1.72. The summed E-state index contributed by atoms with van der Waals surface area (Å²) in [7, 11) is 2.07. The Morgan fingerprint density at radius 2 is 2.29 bits per heavy atom. The van der Waals surface area contributed by atoms with Gasteiger partial charge in [-0.25, -0.2) is 0 Å². The summed E-state index contributed by atoms with van der Waals surface area (Å²) in [5, 5.41) is 3.45. The van der Waals surface area contributed by atoms with Gasteiger partial charge >= 0.3 is 0 Å². The second kappa shape index (κ2) is 7.07. The highest BCUT2D eigenvalue weighted by molar-refractivity contribution is 5.51. The lowest BCUT2D eigenvalue weighted by Crippen LogP contribution is -2.23. The van der Waals surface area contributed by atoms with Gasteiger partial charge in [0.15, 0.2) is 0 Å². The van der Waals surface area contributed by atoms with Crippen LogP contribution < -0.4 is 10.2 Å². The highest BCUT2D eigenvalue weighted by atomic mass is 15.1. The molecule has 1 aromatic heterocycles. The van der Waals surface area contributed by atoms with E-state index in [1.807, 2.05) is 18.5 Å². The van der Waals surface area contributed by atoms with Gasteiger partial charge in [0.25, 0.3) is 0 Å². The number of anilines is 1. The minimum Gasteiger partial charge on any atom is -0.371 e. The average molecular weight is 233 g/mol. The van der Waals surface area contributed by atoms with Crippen molar-refractivity contribution in [3.63, 3.8) is 0 Å². The molecule has 1 aromatic rings. The molecular formula is C14H23N3. The Kier molecular flexibility index (Phi) is 5.70. The van der Waals surface area contributed by atoms with Crippen molar-refractivity contribution in [2.45, 2.75) is 20.4 Å². The van der Waals surface area contributed by atoms with Crippen molar-refractivity contribution in [2.24, 2.45) is 5.92 Å². The normalized spacial score (nSPS) is 10.6. The summed E-state index contributed by atoms with van der Waals surface area (Å²) in [4.78, 5) is 6.37. The summed E-state index contributed by atoms with van der Waals surface area (Å²) < 4.78 is 0. The van der Waals surface area contributed by atoms with Crippen LogP contribution in [-0.2, 0) is 6.54 Å². The lowest BCUT2D eigenvalue weighted by molar-refractivity contribution is 0.552. The van der Waals surface area contributed by atoms with E-state index in [0.29, 0.717) is 5.92 Å². The van der Waals surface area contributed by atoms with E-state index in [9.17, 15) is 0 Å². The van der Waals surface area contributed by atoms with Crippen LogP contribution in [0.3, 0.4) is 0 Å². The van der Waals surface area contributed by atoms with E-state index in [0.717, 1.165) is 19.6 Å². The molecule has 3 heteroatoms. The fourth-order valence-corrected chi connectivity index (χ4v) is 1.72. The lowest BCUT2D eigenvalue weighted by Gasteiger charge is -2.21. The molecule has 0 radical (unpaired) electrons. The summed E-state index contributed by atoms with van der Waals surface area (Å²) in [6, 6.07) is 2.05. The summed E-state index contributed by atoms with van der Waals surface area (Å²) in [5.74, 6) is 0.668. The highest BCUT2D eigenvalue weighted by Gasteiger charge is 2.06. The van der Waals surface area contributed by atoms with Gasteiger partial charge < -0.3 is 10.2 Å². The van der Waals surface area contributed by atoms with Crippen molar-refractivity contribution in [1.82, 2.24) is 10.3 Å². The molecule has 1 N–H and O–H groups in total. The smallest absolute Gasteiger partial charge is 0.0443 e. The minimum absolute atomic E-state index is 0.668. The average Bonchev–Trinajstić information content (AvgIpc) is 2.29. The maximum atomic E-state index is 4.19. The molecule has 0 aliphatic heterocycles. The van der Waals surface area contributed by atoms with Crippen molar-refractivity contribution in [2.75, 3.05) is 25.0 Å². The summed E-state index contributed by atoms with van der Waals surface area (Å²) >= 11 is 0. The molecule has 0 amide bonds. The van der Waals surface area contributed by atoms with E-state index in [1.165, 1.54) is 11.3 Å². The molecule has 0 saturated heterocycles. The lowest BCUT2D eigenvalue weighted by atomic mass is 10.2. The fraction of sp³-hybridized carbons (Fsp3) is 0.500. The Balaban J connectivity index is 2.66. The van der Waals surface area contributed by atoms with Crippen LogP contribution in [0.4, 0.5) is 5.69 Å². The number of likely N-dealkylation sites (N-methyl/N-ethyl adjacent to an activating group) is 1. The first-order valence-electron chi connectivity index (χ1n) is 6.10. The minimum atomic E-state index is 0.668. The molecule has 3 nitrogen and oxygen atoms in total. The molecule has 0 bridgehead atoms. The number of nitrogens with one attached hydrogen (secondary N) is 1. The van der Waals surface area contributed by atoms with Gasteiger partial charge in [-0.15, -0.1) is 6.58 Å². The van der Waals surface area contributed by atoms with Crippen molar-refractivity contribution < 1.29 is 0 Å². The van der Waals surface area contributed by atoms with Crippen LogP contribution in [0.2, 0.25) is 0 Å². The van der Waals surface area contributed by atoms with Gasteiger partial charge in [0.05, 0.1) is 0 Å². The van der Waals surface area contributed by atoms with Crippen LogP contribution in [0.5, 0.6) is 0 Å². The molecule has 0 aliphatic rings. The maximum Gasteiger partial charge on any atom is 0.0443 e. The van der Waals surface area contributed by atoms with E-state index >= 15 is 0 Å². The Hall–Kier alpha value is -1.35. The molecule has 17 heavy (non-hydrogen) atoms. The Morgan fingerprint density at radius 1 is 1.53 bits per heavy atom. The van der Waals surface area contributed by atoms with Gasteiger partial charge in [-0.05, 0) is 18.5 Å². The molecule has 1 rings (SSSR count). The van der Waals surface area contributed by atoms with Crippen LogP contribution in [0.25, 0.3) is 0 Å². The van der Waals surface area contributed by atoms with Crippen molar-refractivity contribution in [1.29, 1.82) is 0 Å². The summed E-state index contributed by atoms with van der Waals surface area (Å²) in [6.07, 6.45) is 5.68. The van der Waals surface area contributed by atoms with Crippen molar-refractivity contribution in [3.05, 3.63) is 36.7 Å². The standard InChI is InChI=1S/C14H23N3/c1-5-8-17(4)14-6-7-15-10-13(14)11-16-9-12(2)3/h5-7,10,12,16H,1,8-9,11H2,2-4H3. The van der Waals surface area contributed by atoms with E-state index in [2.05, 4.69) is 48.7 Å². The maximum absolute atomic E-state index is 4.19. The zero-order chi connectivity index (χ0) is 12.7. The molecular weight excluding hydrogens is 210 g/mol. The van der Waals surface area contributed by atoms with Gasteiger partial charge in [-0.2, -0.15) is 0 Å². The third kappa shape index (κ3) is 4.57. The first-order valence-corrected chi connectivity index (χ1v) is 6.10. The molecule has 0 spiro atoms. The number of hydrogen-bond acceptors (Lipinski definition) is 3. The Labute approximate surface area is 105 Å². The van der Waals surface area contributed by atoms with Gasteiger partial charge in [-0.3, -0.25) is 4.98 Å². The molecule has 94 valence electrons. The monoisotopic (exact) mass is 233 g/mol. The zero-order valence-corrected chi connectivity index (χ0v) is 11.1. The first kappa shape index (κ1) is 13.7. The molecule has 0 aliphatic carbocycles. The largest absolute Gasteiger partial charge is 0.371 e. The highest BCUT2D eigenvalue weighted by Crippen LogP contribution is 2.17. The van der Waals surface area contributed by atoms with Crippen LogP contribution in [0.1, 0.15) is 19.4 Å². The zero-order valence-electron chi connectivity index (χ0n) is 11.1. The first-order chi connectivity index (χ1) is 8.15. The molecule has 0 aromatic carbocycles. The van der Waals surface area contributed by atoms with Crippen LogP contribution in [0, 0.1) is 5.92 Å². The van der Waals surface area contributed by atoms with Gasteiger partial charge in [0.1, 0.15) is 0 Å². The third-order valence-corrected chi connectivity index (χ3v) is 2.56. The Morgan fingerprint density at radius 3 is 2.94 bits per heavy atom. The number of pyridine rings is 1. The van der Waals surface area contributed by atoms with Gasteiger partial charge in [0.2, 0.25) is 0 Å². The number of nitrogens with zero attached hydrogens (tertiary/aromatic N) is 2. The second-order valence-electron chi connectivity index (χ2n) is 4.70. The van der Waals surface area contributed by atoms with Crippen LogP contribution in [0.15, 0.2) is 31.1 Å². The Bertz CT molecular complexity index is 347. The van der Waals surface area contributed by atoms with Gasteiger partial charge in [-0.1, -0.05) is 19.9 Å². The molecule has 0 unspecified atom stereocenters. The molecule has 0 atom stereocenters. The van der Waals surface area contributed by atoms with Crippen LogP contribution in [-0.4, -0.2) is 25.1 Å².